The van der Waals surface area contributed by atoms with Crippen molar-refractivity contribution in [2.75, 3.05) is 18.5 Å². The van der Waals surface area contributed by atoms with Gasteiger partial charge in [-0.3, -0.25) is 5.43 Å². The number of piperidine rings is 1. The lowest BCUT2D eigenvalue weighted by molar-refractivity contribution is 0.346. The molecule has 1 fully saturated rings. The molecule has 0 atom stereocenters. The Morgan fingerprint density at radius 1 is 1.09 bits per heavy atom. The Bertz CT molecular complexity index is 1180. The average molecular weight is 469 g/mol. The fourth-order valence-electron chi connectivity index (χ4n) is 3.66. The van der Waals surface area contributed by atoms with Crippen LogP contribution >= 0.6 is 11.3 Å². The first-order chi connectivity index (χ1) is 15.4. The highest BCUT2D eigenvalue weighted by Gasteiger charge is 2.26. The van der Waals surface area contributed by atoms with E-state index in [1.165, 1.54) is 16.9 Å². The smallest absolute Gasteiger partial charge is 0.243 e. The van der Waals surface area contributed by atoms with Crippen molar-refractivity contribution in [1.82, 2.24) is 9.29 Å². The summed E-state index contributed by atoms with van der Waals surface area (Å²) < 4.78 is 27.6. The minimum Gasteiger partial charge on any atom is -0.253 e. The molecule has 0 radical (unpaired) electrons. The molecule has 0 aliphatic carbocycles. The van der Waals surface area contributed by atoms with Gasteiger partial charge in [0.15, 0.2) is 0 Å². The average Bonchev–Trinajstić information content (AvgIpc) is 3.29. The first-order valence-corrected chi connectivity index (χ1v) is 13.2. The van der Waals surface area contributed by atoms with Crippen LogP contribution in [0.3, 0.4) is 0 Å². The second kappa shape index (κ2) is 9.94. The first-order valence-electron chi connectivity index (χ1n) is 10.9. The van der Waals surface area contributed by atoms with E-state index < -0.39 is 10.0 Å². The lowest BCUT2D eigenvalue weighted by Crippen LogP contribution is -2.35. The van der Waals surface area contributed by atoms with Crippen molar-refractivity contribution >= 4 is 32.7 Å². The van der Waals surface area contributed by atoms with E-state index in [1.807, 2.05) is 23.6 Å². The molecule has 0 unspecified atom stereocenters. The van der Waals surface area contributed by atoms with Crippen molar-refractivity contribution in [3.8, 4) is 11.3 Å². The summed E-state index contributed by atoms with van der Waals surface area (Å²) in [6, 6.07) is 15.3. The van der Waals surface area contributed by atoms with Gasteiger partial charge in [0.2, 0.25) is 15.2 Å². The van der Waals surface area contributed by atoms with Crippen molar-refractivity contribution in [1.29, 1.82) is 0 Å². The number of nitrogens with zero attached hydrogens (tertiary/aromatic N) is 3. The molecule has 1 saturated heterocycles. The third kappa shape index (κ3) is 5.26. The summed E-state index contributed by atoms with van der Waals surface area (Å²) in [5, 5.41) is 6.84. The number of anilines is 1. The fourth-order valence-corrected chi connectivity index (χ4v) is 5.89. The van der Waals surface area contributed by atoms with Crippen molar-refractivity contribution in [3.05, 3.63) is 65.0 Å². The highest BCUT2D eigenvalue weighted by Crippen LogP contribution is 2.28. The highest BCUT2D eigenvalue weighted by molar-refractivity contribution is 7.89. The van der Waals surface area contributed by atoms with E-state index >= 15 is 0 Å². The standard InChI is InChI=1S/C24H28N4O2S2/c1-18(2)20-11-9-19(10-12-20)16-25-27-24-26-23(17-31-24)21-7-6-8-22(15-21)32(29,30)28-13-4-3-5-14-28/h6-12,15-18H,3-5,13-14H2,1-2H3,(H,26,27). The van der Waals surface area contributed by atoms with Gasteiger partial charge in [0, 0.05) is 24.0 Å². The Morgan fingerprint density at radius 2 is 1.84 bits per heavy atom. The number of aromatic nitrogens is 1. The van der Waals surface area contributed by atoms with E-state index in [1.54, 1.807) is 28.7 Å². The van der Waals surface area contributed by atoms with E-state index in [4.69, 9.17) is 0 Å². The molecule has 1 aliphatic rings. The van der Waals surface area contributed by atoms with Crippen LogP contribution in [0.1, 0.15) is 50.2 Å². The summed E-state index contributed by atoms with van der Waals surface area (Å²) in [6.07, 6.45) is 4.69. The molecule has 0 bridgehead atoms. The number of hydrazone groups is 1. The van der Waals surface area contributed by atoms with Gasteiger partial charge in [-0.2, -0.15) is 9.41 Å². The number of nitrogens with one attached hydrogen (secondary N) is 1. The molecule has 1 aromatic heterocycles. The summed E-state index contributed by atoms with van der Waals surface area (Å²) in [6.45, 7) is 5.53. The Balaban J connectivity index is 1.45. The highest BCUT2D eigenvalue weighted by atomic mass is 32.2. The third-order valence-electron chi connectivity index (χ3n) is 5.56. The zero-order chi connectivity index (χ0) is 22.6. The van der Waals surface area contributed by atoms with E-state index in [2.05, 4.69) is 41.5 Å². The van der Waals surface area contributed by atoms with Crippen molar-refractivity contribution in [3.63, 3.8) is 0 Å². The molecule has 0 spiro atoms. The van der Waals surface area contributed by atoms with Crippen LogP contribution in [-0.2, 0) is 10.0 Å². The Hall–Kier alpha value is -2.55. The van der Waals surface area contributed by atoms with Gasteiger partial charge >= 0.3 is 0 Å². The van der Waals surface area contributed by atoms with Gasteiger partial charge < -0.3 is 0 Å². The third-order valence-corrected chi connectivity index (χ3v) is 8.21. The summed E-state index contributed by atoms with van der Waals surface area (Å²) in [4.78, 5) is 4.89. The molecule has 0 amide bonds. The number of hydrogen-bond acceptors (Lipinski definition) is 6. The van der Waals surface area contributed by atoms with Crippen molar-refractivity contribution < 1.29 is 8.42 Å². The monoisotopic (exact) mass is 468 g/mol. The van der Waals surface area contributed by atoms with Gasteiger partial charge in [-0.25, -0.2) is 13.4 Å². The maximum absolute atomic E-state index is 13.0. The largest absolute Gasteiger partial charge is 0.253 e. The van der Waals surface area contributed by atoms with Gasteiger partial charge in [-0.05, 0) is 42.0 Å². The molecule has 2 aromatic carbocycles. The summed E-state index contributed by atoms with van der Waals surface area (Å²) >= 11 is 1.43. The second-order valence-electron chi connectivity index (χ2n) is 8.22. The molecular weight excluding hydrogens is 440 g/mol. The second-order valence-corrected chi connectivity index (χ2v) is 11.0. The van der Waals surface area contributed by atoms with E-state index in [9.17, 15) is 8.42 Å². The molecule has 1 N–H and O–H groups in total. The SMILES string of the molecule is CC(C)c1ccc(C=NNc2nc(-c3cccc(S(=O)(=O)N4CCCCC4)c3)cs2)cc1. The molecule has 1 aliphatic heterocycles. The van der Waals surface area contributed by atoms with Crippen LogP contribution < -0.4 is 5.43 Å². The molecule has 2 heterocycles. The van der Waals surface area contributed by atoms with Gasteiger partial charge in [0.05, 0.1) is 16.8 Å². The first kappa shape index (κ1) is 22.6. The van der Waals surface area contributed by atoms with Crippen LogP contribution in [0.2, 0.25) is 0 Å². The summed E-state index contributed by atoms with van der Waals surface area (Å²) in [7, 11) is -3.47. The zero-order valence-corrected chi connectivity index (χ0v) is 20.0. The molecular formula is C24H28N4O2S2. The van der Waals surface area contributed by atoms with Gasteiger partial charge in [-0.15, -0.1) is 11.3 Å². The Labute approximate surface area is 194 Å². The molecule has 6 nitrogen and oxygen atoms in total. The van der Waals surface area contributed by atoms with Crippen LogP contribution in [0.25, 0.3) is 11.3 Å². The van der Waals surface area contributed by atoms with Crippen LogP contribution in [0, 0.1) is 0 Å². The minimum atomic E-state index is -3.47. The predicted molar refractivity (Wildman–Crippen MR) is 132 cm³/mol. The van der Waals surface area contributed by atoms with E-state index in [-0.39, 0.29) is 0 Å². The Morgan fingerprint density at radius 3 is 2.56 bits per heavy atom. The molecule has 32 heavy (non-hydrogen) atoms. The number of hydrogen-bond donors (Lipinski definition) is 1. The van der Waals surface area contributed by atoms with E-state index in [0.29, 0.717) is 29.0 Å². The maximum atomic E-state index is 13.0. The number of thiazole rings is 1. The molecule has 0 saturated carbocycles. The van der Waals surface area contributed by atoms with Crippen LogP contribution in [0.5, 0.6) is 0 Å². The number of rotatable bonds is 7. The van der Waals surface area contributed by atoms with Gasteiger partial charge in [0.25, 0.3) is 0 Å². The van der Waals surface area contributed by atoms with Crippen LogP contribution in [0.4, 0.5) is 5.13 Å². The van der Waals surface area contributed by atoms with Crippen LogP contribution in [0.15, 0.2) is 63.9 Å². The number of sulfonamides is 1. The maximum Gasteiger partial charge on any atom is 0.243 e. The summed E-state index contributed by atoms with van der Waals surface area (Å²) in [5.41, 5.74) is 6.78. The normalized spacial score (nSPS) is 15.5. The molecule has 3 aromatic rings. The zero-order valence-electron chi connectivity index (χ0n) is 18.4. The summed E-state index contributed by atoms with van der Waals surface area (Å²) in [5.74, 6) is 0.501. The lowest BCUT2D eigenvalue weighted by atomic mass is 10.0. The number of benzene rings is 2. The predicted octanol–water partition coefficient (Wildman–Crippen LogP) is 5.55. The van der Waals surface area contributed by atoms with Gasteiger partial charge in [-0.1, -0.05) is 56.7 Å². The van der Waals surface area contributed by atoms with E-state index in [0.717, 1.165) is 36.1 Å². The van der Waals surface area contributed by atoms with Crippen molar-refractivity contribution in [2.45, 2.75) is 43.9 Å². The fraction of sp³-hybridized carbons (Fsp3) is 0.333. The topological polar surface area (TPSA) is 74.7 Å². The molecule has 8 heteroatoms. The van der Waals surface area contributed by atoms with Crippen LogP contribution in [-0.4, -0.2) is 37.0 Å². The minimum absolute atomic E-state index is 0.322. The van der Waals surface area contributed by atoms with Crippen molar-refractivity contribution in [2.24, 2.45) is 5.10 Å². The molecule has 4 rings (SSSR count). The lowest BCUT2D eigenvalue weighted by Gasteiger charge is -2.26. The van der Waals surface area contributed by atoms with Gasteiger partial charge in [0.1, 0.15) is 0 Å². The molecule has 168 valence electrons. The Kier molecular flexibility index (Phi) is 7.03. The quantitative estimate of drug-likeness (QED) is 0.364.